The van der Waals surface area contributed by atoms with Crippen LogP contribution in [0.5, 0.6) is 0 Å². The van der Waals surface area contributed by atoms with Gasteiger partial charge in [0.1, 0.15) is 5.82 Å². The number of halogens is 3. The Hall–Kier alpha value is -3.03. The van der Waals surface area contributed by atoms with Crippen LogP contribution in [0.15, 0.2) is 48.7 Å². The minimum absolute atomic E-state index is 0.120. The monoisotopic (exact) mass is 402 g/mol. The van der Waals surface area contributed by atoms with Crippen molar-refractivity contribution in [3.05, 3.63) is 54.5 Å². The first kappa shape index (κ1) is 19.3. The van der Waals surface area contributed by atoms with Crippen LogP contribution in [0.1, 0.15) is 20.3 Å². The lowest BCUT2D eigenvalue weighted by Crippen LogP contribution is -2.48. The van der Waals surface area contributed by atoms with Gasteiger partial charge in [0.25, 0.3) is 5.91 Å². The molecule has 1 aliphatic rings. The van der Waals surface area contributed by atoms with Crippen LogP contribution >= 0.6 is 0 Å². The second-order valence-corrected chi connectivity index (χ2v) is 7.47. The van der Waals surface area contributed by atoms with Crippen molar-refractivity contribution in [2.75, 3.05) is 11.4 Å². The molecule has 2 unspecified atom stereocenters. The summed E-state index contributed by atoms with van der Waals surface area (Å²) < 4.78 is 41.3. The third-order valence-corrected chi connectivity index (χ3v) is 5.42. The Kier molecular flexibility index (Phi) is 4.72. The second kappa shape index (κ2) is 7.09. The summed E-state index contributed by atoms with van der Waals surface area (Å²) in [5, 5.41) is 7.77. The summed E-state index contributed by atoms with van der Waals surface area (Å²) >= 11 is 0. The first-order valence-electron chi connectivity index (χ1n) is 9.43. The van der Waals surface area contributed by atoms with Gasteiger partial charge in [-0.1, -0.05) is 0 Å². The summed E-state index contributed by atoms with van der Waals surface area (Å²) in [6.07, 6.45) is 2.33. The molecule has 1 fully saturated rings. The van der Waals surface area contributed by atoms with E-state index < -0.39 is 11.8 Å². The number of benzene rings is 2. The molecule has 152 valence electrons. The lowest BCUT2D eigenvalue weighted by molar-refractivity contribution is -0.143. The summed E-state index contributed by atoms with van der Waals surface area (Å²) in [6, 6.07) is 11.5. The van der Waals surface area contributed by atoms with E-state index in [1.54, 1.807) is 23.0 Å². The highest BCUT2D eigenvalue weighted by Gasteiger charge is 2.38. The number of rotatable bonds is 4. The Balaban J connectivity index is 1.56. The molecule has 1 aliphatic heterocycles. The molecule has 0 saturated carbocycles. The van der Waals surface area contributed by atoms with E-state index in [1.165, 1.54) is 12.1 Å². The summed E-state index contributed by atoms with van der Waals surface area (Å²) in [5.74, 6) is -4.94. The van der Waals surface area contributed by atoms with Crippen molar-refractivity contribution in [2.45, 2.75) is 38.3 Å². The molecule has 5 nitrogen and oxygen atoms in total. The molecule has 1 saturated heterocycles. The van der Waals surface area contributed by atoms with Gasteiger partial charge in [-0.2, -0.15) is 13.9 Å². The summed E-state index contributed by atoms with van der Waals surface area (Å²) in [5.41, 5.74) is 2.57. The molecule has 8 heteroatoms. The predicted octanol–water partition coefficient (Wildman–Crippen LogP) is 3.90. The normalized spacial score (nSPS) is 19.7. The van der Waals surface area contributed by atoms with E-state index in [0.29, 0.717) is 19.9 Å². The van der Waals surface area contributed by atoms with Gasteiger partial charge in [-0.25, -0.2) is 9.07 Å². The third-order valence-electron chi connectivity index (χ3n) is 5.42. The van der Waals surface area contributed by atoms with Gasteiger partial charge in [0.05, 0.1) is 23.4 Å². The van der Waals surface area contributed by atoms with Gasteiger partial charge in [-0.15, -0.1) is 0 Å². The quantitative estimate of drug-likeness (QED) is 0.720. The number of amides is 1. The van der Waals surface area contributed by atoms with Gasteiger partial charge in [0.2, 0.25) is 0 Å². The fourth-order valence-corrected chi connectivity index (χ4v) is 3.78. The van der Waals surface area contributed by atoms with Gasteiger partial charge in [0.15, 0.2) is 0 Å². The number of aromatic nitrogens is 2. The maximum atomic E-state index is 13.2. The number of hydrogen-bond donors (Lipinski definition) is 1. The minimum atomic E-state index is -3.39. The van der Waals surface area contributed by atoms with E-state index in [2.05, 4.69) is 15.3 Å². The van der Waals surface area contributed by atoms with Crippen molar-refractivity contribution in [2.24, 2.45) is 0 Å². The van der Waals surface area contributed by atoms with Gasteiger partial charge in [0, 0.05) is 30.6 Å². The molecule has 1 N–H and O–H groups in total. The topological polar surface area (TPSA) is 50.2 Å². The average molecular weight is 402 g/mol. The molecule has 0 radical (unpaired) electrons. The van der Waals surface area contributed by atoms with Crippen LogP contribution < -0.4 is 10.2 Å². The molecule has 0 aliphatic carbocycles. The Morgan fingerprint density at radius 3 is 2.55 bits per heavy atom. The predicted molar refractivity (Wildman–Crippen MR) is 105 cm³/mol. The van der Waals surface area contributed by atoms with Crippen molar-refractivity contribution in [3.63, 3.8) is 0 Å². The molecule has 2 atom stereocenters. The van der Waals surface area contributed by atoms with E-state index in [0.717, 1.165) is 22.3 Å². The number of fused-ring (bicyclic) bond motifs is 1. The molecular weight excluding hydrogens is 381 g/mol. The smallest absolute Gasteiger partial charge is 0.321 e. The zero-order valence-corrected chi connectivity index (χ0v) is 16.1. The van der Waals surface area contributed by atoms with E-state index in [-0.39, 0.29) is 17.9 Å². The first-order chi connectivity index (χ1) is 13.7. The van der Waals surface area contributed by atoms with Crippen LogP contribution in [0.4, 0.5) is 18.9 Å². The molecule has 2 aromatic carbocycles. The molecule has 3 aromatic rings. The summed E-state index contributed by atoms with van der Waals surface area (Å²) in [7, 11) is 0. The van der Waals surface area contributed by atoms with Crippen molar-refractivity contribution in [1.82, 2.24) is 15.1 Å². The average Bonchev–Trinajstić information content (AvgIpc) is 3.25. The second-order valence-electron chi connectivity index (χ2n) is 7.47. The highest BCUT2D eigenvalue weighted by molar-refractivity contribution is 5.85. The van der Waals surface area contributed by atoms with E-state index >= 15 is 0 Å². The van der Waals surface area contributed by atoms with Crippen LogP contribution in [-0.4, -0.2) is 40.2 Å². The largest absolute Gasteiger partial charge is 0.367 e. The molecule has 1 aromatic heterocycles. The van der Waals surface area contributed by atoms with Crippen LogP contribution in [0.3, 0.4) is 0 Å². The minimum Gasteiger partial charge on any atom is -0.367 e. The standard InChI is InChI=1S/C21H21F3N4O/c1-13-18(26-20(29)21(2,23)24)9-10-27(13)17-7-8-19-14(11-17)12-25-28(19)16-5-3-15(22)4-6-16/h3-8,11-13,18H,9-10H2,1-2H3,(H,26,29). The molecule has 2 heterocycles. The fourth-order valence-electron chi connectivity index (χ4n) is 3.78. The molecule has 4 rings (SSSR count). The molecule has 0 bridgehead atoms. The Morgan fingerprint density at radius 1 is 1.17 bits per heavy atom. The zero-order valence-electron chi connectivity index (χ0n) is 16.1. The van der Waals surface area contributed by atoms with Gasteiger partial charge in [-0.05, 0) is 55.8 Å². The highest BCUT2D eigenvalue weighted by atomic mass is 19.3. The zero-order chi connectivity index (χ0) is 20.8. The first-order valence-corrected chi connectivity index (χ1v) is 9.43. The van der Waals surface area contributed by atoms with Gasteiger partial charge in [-0.3, -0.25) is 4.79 Å². The molecule has 29 heavy (non-hydrogen) atoms. The Bertz CT molecular complexity index is 1040. The Labute approximate surface area is 166 Å². The number of carbonyl (C=O) groups is 1. The van der Waals surface area contributed by atoms with Crippen LogP contribution in [0, 0.1) is 5.82 Å². The summed E-state index contributed by atoms with van der Waals surface area (Å²) in [6.45, 7) is 3.17. The van der Waals surface area contributed by atoms with Crippen LogP contribution in [0.25, 0.3) is 16.6 Å². The number of alkyl halides is 2. The Morgan fingerprint density at radius 2 is 1.86 bits per heavy atom. The number of carbonyl (C=O) groups excluding carboxylic acids is 1. The lowest BCUT2D eigenvalue weighted by atomic mass is 10.1. The number of nitrogens with zero attached hydrogens (tertiary/aromatic N) is 3. The van der Waals surface area contributed by atoms with Crippen molar-refractivity contribution in [3.8, 4) is 5.69 Å². The third kappa shape index (κ3) is 3.66. The molecule has 1 amide bonds. The highest BCUT2D eigenvalue weighted by Crippen LogP contribution is 2.30. The number of anilines is 1. The number of hydrogen-bond acceptors (Lipinski definition) is 3. The van der Waals surface area contributed by atoms with E-state index in [9.17, 15) is 18.0 Å². The number of nitrogens with one attached hydrogen (secondary N) is 1. The van der Waals surface area contributed by atoms with Crippen molar-refractivity contribution < 1.29 is 18.0 Å². The van der Waals surface area contributed by atoms with Crippen molar-refractivity contribution in [1.29, 1.82) is 0 Å². The van der Waals surface area contributed by atoms with E-state index in [4.69, 9.17) is 0 Å². The van der Waals surface area contributed by atoms with Gasteiger partial charge >= 0.3 is 5.92 Å². The summed E-state index contributed by atoms with van der Waals surface area (Å²) in [4.78, 5) is 13.7. The SMILES string of the molecule is CC1C(NC(=O)C(C)(F)F)CCN1c1ccc2c(cnn2-c2ccc(F)cc2)c1. The maximum Gasteiger partial charge on any atom is 0.321 e. The maximum absolute atomic E-state index is 13.2. The lowest BCUT2D eigenvalue weighted by Gasteiger charge is -2.27. The van der Waals surface area contributed by atoms with E-state index in [1.807, 2.05) is 25.1 Å². The fraction of sp³-hybridized carbons (Fsp3) is 0.333. The van der Waals surface area contributed by atoms with Crippen LogP contribution in [0.2, 0.25) is 0 Å². The van der Waals surface area contributed by atoms with Crippen LogP contribution in [-0.2, 0) is 4.79 Å². The van der Waals surface area contributed by atoms with Gasteiger partial charge < -0.3 is 10.2 Å². The molecular formula is C21H21F3N4O. The molecule has 0 spiro atoms. The van der Waals surface area contributed by atoms with Crippen molar-refractivity contribution >= 4 is 22.5 Å².